The minimum Gasteiger partial charge on any atom is -0.473 e. The van der Waals surface area contributed by atoms with Gasteiger partial charge in [0.25, 0.3) is 0 Å². The number of fused-ring (bicyclic) bond motifs is 1. The maximum Gasteiger partial charge on any atom is 0.416 e. The highest BCUT2D eigenvalue weighted by molar-refractivity contribution is 5.83. The predicted molar refractivity (Wildman–Crippen MR) is 95.3 cm³/mol. The Bertz CT molecular complexity index is 722. The van der Waals surface area contributed by atoms with E-state index in [-0.39, 0.29) is 37.6 Å². The summed E-state index contributed by atoms with van der Waals surface area (Å²) in [5.74, 6) is 0.675. The molecule has 1 saturated carbocycles. The van der Waals surface area contributed by atoms with Crippen LogP contribution in [0.2, 0.25) is 0 Å². The molecule has 1 N–H and O–H groups in total. The molecule has 3 rings (SSSR count). The van der Waals surface area contributed by atoms with Crippen LogP contribution in [0.1, 0.15) is 50.7 Å². The van der Waals surface area contributed by atoms with Crippen LogP contribution in [-0.2, 0) is 22.4 Å². The van der Waals surface area contributed by atoms with E-state index in [0.717, 1.165) is 18.6 Å². The molecule has 0 radical (unpaired) electrons. The summed E-state index contributed by atoms with van der Waals surface area (Å²) in [6.45, 7) is 4.38. The van der Waals surface area contributed by atoms with Gasteiger partial charge in [0.1, 0.15) is 5.75 Å². The number of hydrogen-bond acceptors (Lipinski definition) is 4. The number of carbonyl (C=O) groups excluding carboxylic acids is 1. The van der Waals surface area contributed by atoms with Gasteiger partial charge in [-0.05, 0) is 55.7 Å². The van der Waals surface area contributed by atoms with E-state index in [9.17, 15) is 18.0 Å². The normalized spacial score (nSPS) is 25.0. The monoisotopic (exact) mass is 401 g/mol. The quantitative estimate of drug-likeness (QED) is 0.574. The van der Waals surface area contributed by atoms with Gasteiger partial charge in [-0.2, -0.15) is 13.2 Å². The highest BCUT2D eigenvalue weighted by Crippen LogP contribution is 2.50. The second-order valence-corrected chi connectivity index (χ2v) is 8.14. The zero-order valence-electron chi connectivity index (χ0n) is 16.1. The zero-order chi connectivity index (χ0) is 20.5. The fourth-order valence-electron chi connectivity index (χ4n) is 4.48. The Morgan fingerprint density at radius 2 is 2.18 bits per heavy atom. The van der Waals surface area contributed by atoms with Crippen molar-refractivity contribution in [1.29, 1.82) is 0 Å². The van der Waals surface area contributed by atoms with Gasteiger partial charge in [0.2, 0.25) is 5.91 Å². The maximum absolute atomic E-state index is 13.4. The molecular weight excluding hydrogens is 375 g/mol. The van der Waals surface area contributed by atoms with Crippen LogP contribution >= 0.6 is 0 Å². The fraction of sp³-hybridized carbons (Fsp3) is 0.650. The maximum atomic E-state index is 13.4. The van der Waals surface area contributed by atoms with E-state index in [2.05, 4.69) is 4.89 Å². The Morgan fingerprint density at radius 1 is 1.43 bits per heavy atom. The standard InChI is InChI=1S/C20H26F3NO4/c1-13(2)19(7-5-14(10-19)6-8-28-26)18(25)24-11-15-9-16(20(21,22)23)3-4-17(15)27-12-24/h3-4,9,13-14,26H,5-8,10-12H2,1-2H3/t14-,19-/m0/s1. The Labute approximate surface area is 162 Å². The average Bonchev–Trinajstić information content (AvgIpc) is 3.09. The average molecular weight is 401 g/mol. The topological polar surface area (TPSA) is 59.0 Å². The first kappa shape index (κ1) is 20.9. The largest absolute Gasteiger partial charge is 0.473 e. The molecule has 2 aliphatic rings. The van der Waals surface area contributed by atoms with E-state index in [4.69, 9.17) is 9.99 Å². The molecule has 1 heterocycles. The van der Waals surface area contributed by atoms with Crippen molar-refractivity contribution >= 4 is 5.91 Å². The van der Waals surface area contributed by atoms with E-state index >= 15 is 0 Å². The summed E-state index contributed by atoms with van der Waals surface area (Å²) in [6.07, 6.45) is -1.51. The van der Waals surface area contributed by atoms with Gasteiger partial charge in [0.05, 0.1) is 24.1 Å². The number of halogens is 3. The van der Waals surface area contributed by atoms with E-state index in [1.807, 2.05) is 13.8 Å². The molecule has 8 heteroatoms. The van der Waals surface area contributed by atoms with Crippen molar-refractivity contribution in [3.8, 4) is 5.75 Å². The lowest BCUT2D eigenvalue weighted by Crippen LogP contribution is -2.48. The Morgan fingerprint density at radius 3 is 2.82 bits per heavy atom. The predicted octanol–water partition coefficient (Wildman–Crippen LogP) is 4.71. The van der Waals surface area contributed by atoms with Crippen LogP contribution in [0.3, 0.4) is 0 Å². The number of rotatable bonds is 5. The molecule has 1 aromatic rings. The summed E-state index contributed by atoms with van der Waals surface area (Å²) in [4.78, 5) is 19.1. The smallest absolute Gasteiger partial charge is 0.416 e. The molecule has 0 bridgehead atoms. The second kappa shape index (κ2) is 7.91. The minimum absolute atomic E-state index is 0.0378. The molecule has 0 spiro atoms. The lowest BCUT2D eigenvalue weighted by Gasteiger charge is -2.39. The third-order valence-corrected chi connectivity index (χ3v) is 6.21. The molecule has 1 aliphatic heterocycles. The molecular formula is C20H26F3NO4. The molecule has 1 aliphatic carbocycles. The molecule has 2 atom stereocenters. The van der Waals surface area contributed by atoms with Crippen LogP contribution < -0.4 is 4.74 Å². The van der Waals surface area contributed by atoms with Crippen LogP contribution in [-0.4, -0.2) is 29.4 Å². The highest BCUT2D eigenvalue weighted by Gasteiger charge is 2.49. The third kappa shape index (κ3) is 3.98. The summed E-state index contributed by atoms with van der Waals surface area (Å²) >= 11 is 0. The van der Waals surface area contributed by atoms with Crippen LogP contribution in [0.4, 0.5) is 13.2 Å². The van der Waals surface area contributed by atoms with E-state index in [1.165, 1.54) is 11.0 Å². The van der Waals surface area contributed by atoms with E-state index < -0.39 is 17.2 Å². The first-order chi connectivity index (χ1) is 13.2. The van der Waals surface area contributed by atoms with Gasteiger partial charge in [-0.3, -0.25) is 10.1 Å². The molecule has 1 fully saturated rings. The molecule has 0 aromatic heterocycles. The van der Waals surface area contributed by atoms with Crippen LogP contribution in [0, 0.1) is 17.3 Å². The third-order valence-electron chi connectivity index (χ3n) is 6.21. The van der Waals surface area contributed by atoms with Crippen LogP contribution in [0.15, 0.2) is 18.2 Å². The summed E-state index contributed by atoms with van der Waals surface area (Å²) in [5.41, 5.74) is -0.938. The first-order valence-corrected chi connectivity index (χ1v) is 9.56. The van der Waals surface area contributed by atoms with Crippen molar-refractivity contribution in [2.24, 2.45) is 17.3 Å². The molecule has 28 heavy (non-hydrogen) atoms. The molecule has 1 aromatic carbocycles. The van der Waals surface area contributed by atoms with Crippen molar-refractivity contribution in [3.63, 3.8) is 0 Å². The molecule has 5 nitrogen and oxygen atoms in total. The molecule has 0 unspecified atom stereocenters. The number of benzene rings is 1. The number of carbonyl (C=O) groups is 1. The van der Waals surface area contributed by atoms with E-state index in [1.54, 1.807) is 0 Å². The molecule has 156 valence electrons. The van der Waals surface area contributed by atoms with Gasteiger partial charge in [0.15, 0.2) is 6.73 Å². The molecule has 0 saturated heterocycles. The fourth-order valence-corrected chi connectivity index (χ4v) is 4.48. The Balaban J connectivity index is 1.79. The summed E-state index contributed by atoms with van der Waals surface area (Å²) in [5, 5.41) is 8.58. The highest BCUT2D eigenvalue weighted by atomic mass is 19.4. The first-order valence-electron chi connectivity index (χ1n) is 9.56. The van der Waals surface area contributed by atoms with Gasteiger partial charge in [-0.15, -0.1) is 0 Å². The summed E-state index contributed by atoms with van der Waals surface area (Å²) < 4.78 is 44.7. The zero-order valence-corrected chi connectivity index (χ0v) is 16.1. The minimum atomic E-state index is -4.44. The van der Waals surface area contributed by atoms with Crippen molar-refractivity contribution in [2.75, 3.05) is 13.3 Å². The van der Waals surface area contributed by atoms with Gasteiger partial charge in [-0.1, -0.05) is 13.8 Å². The van der Waals surface area contributed by atoms with Gasteiger partial charge in [0, 0.05) is 5.56 Å². The van der Waals surface area contributed by atoms with Gasteiger partial charge in [-0.25, -0.2) is 4.89 Å². The number of ether oxygens (including phenoxy) is 1. The number of amides is 1. The van der Waals surface area contributed by atoms with Crippen molar-refractivity contribution in [2.45, 2.75) is 52.3 Å². The van der Waals surface area contributed by atoms with Gasteiger partial charge < -0.3 is 9.64 Å². The lowest BCUT2D eigenvalue weighted by molar-refractivity contribution is -0.244. The second-order valence-electron chi connectivity index (χ2n) is 8.14. The Hall–Kier alpha value is -1.80. The summed E-state index contributed by atoms with van der Waals surface area (Å²) in [7, 11) is 0. The SMILES string of the molecule is CC(C)[C@]1(C(=O)N2COc3ccc(C(F)(F)F)cc3C2)CC[C@@H](CCOO)C1. The van der Waals surface area contributed by atoms with Crippen LogP contribution in [0.25, 0.3) is 0 Å². The molecule has 1 amide bonds. The Kier molecular flexibility index (Phi) is 5.91. The summed E-state index contributed by atoms with van der Waals surface area (Å²) in [6, 6.07) is 3.38. The van der Waals surface area contributed by atoms with Crippen molar-refractivity contribution in [3.05, 3.63) is 29.3 Å². The van der Waals surface area contributed by atoms with Gasteiger partial charge >= 0.3 is 6.18 Å². The number of alkyl halides is 3. The van der Waals surface area contributed by atoms with Crippen LogP contribution in [0.5, 0.6) is 5.75 Å². The number of nitrogens with zero attached hydrogens (tertiary/aromatic N) is 1. The van der Waals surface area contributed by atoms with Crippen molar-refractivity contribution in [1.82, 2.24) is 4.90 Å². The van der Waals surface area contributed by atoms with E-state index in [0.29, 0.717) is 30.6 Å². The lowest BCUT2D eigenvalue weighted by atomic mass is 9.73. The van der Waals surface area contributed by atoms with Crippen molar-refractivity contribution < 1.29 is 32.8 Å². The number of hydrogen-bond donors (Lipinski definition) is 1.